The van der Waals surface area contributed by atoms with Gasteiger partial charge < -0.3 is 9.84 Å². The highest BCUT2D eigenvalue weighted by Gasteiger charge is 2.33. The van der Waals surface area contributed by atoms with Gasteiger partial charge in [0.2, 0.25) is 0 Å². The monoisotopic (exact) mass is 303 g/mol. The van der Waals surface area contributed by atoms with Crippen molar-refractivity contribution in [1.82, 2.24) is 4.90 Å². The first-order valence-electron chi connectivity index (χ1n) is 8.36. The first kappa shape index (κ1) is 15.3. The molecule has 120 valence electrons. The molecule has 1 N–H and O–H groups in total. The van der Waals surface area contributed by atoms with Crippen LogP contribution in [-0.4, -0.2) is 41.5 Å². The van der Waals surface area contributed by atoms with Crippen molar-refractivity contribution in [3.05, 3.63) is 23.8 Å². The fraction of sp³-hybridized carbons (Fsp3) is 0.611. The van der Waals surface area contributed by atoms with E-state index in [0.717, 1.165) is 0 Å². The lowest BCUT2D eigenvalue weighted by molar-refractivity contribution is 0.0366. The predicted octanol–water partition coefficient (Wildman–Crippen LogP) is 3.24. The molecule has 0 saturated carbocycles. The molecule has 0 aliphatic carbocycles. The minimum Gasteiger partial charge on any atom is -0.507 e. The van der Waals surface area contributed by atoms with Crippen LogP contribution < -0.4 is 4.74 Å². The van der Waals surface area contributed by atoms with Crippen LogP contribution in [0.15, 0.2) is 18.2 Å². The van der Waals surface area contributed by atoms with E-state index in [-0.39, 0.29) is 11.5 Å². The lowest BCUT2D eigenvalue weighted by Crippen LogP contribution is -2.49. The van der Waals surface area contributed by atoms with Crippen molar-refractivity contribution in [2.45, 2.75) is 45.1 Å². The number of ketones is 1. The van der Waals surface area contributed by atoms with Crippen LogP contribution >= 0.6 is 0 Å². The molecule has 2 fully saturated rings. The third kappa shape index (κ3) is 3.27. The summed E-state index contributed by atoms with van der Waals surface area (Å²) in [4.78, 5) is 14.0. The third-order valence-corrected chi connectivity index (χ3v) is 5.04. The Morgan fingerprint density at radius 2 is 2.09 bits per heavy atom. The quantitative estimate of drug-likeness (QED) is 0.868. The summed E-state index contributed by atoms with van der Waals surface area (Å²) in [6, 6.07) is 5.63. The van der Waals surface area contributed by atoms with Gasteiger partial charge in [-0.05, 0) is 57.8 Å². The van der Waals surface area contributed by atoms with Gasteiger partial charge >= 0.3 is 0 Å². The number of rotatable bonds is 4. The molecule has 2 aliphatic rings. The summed E-state index contributed by atoms with van der Waals surface area (Å²) in [7, 11) is 0. The van der Waals surface area contributed by atoms with Gasteiger partial charge in [0.05, 0.1) is 12.2 Å². The van der Waals surface area contributed by atoms with Crippen LogP contribution in [0.1, 0.15) is 49.4 Å². The van der Waals surface area contributed by atoms with Gasteiger partial charge in [0.1, 0.15) is 11.5 Å². The van der Waals surface area contributed by atoms with Gasteiger partial charge in [-0.25, -0.2) is 0 Å². The molecule has 2 heterocycles. The number of piperidine rings is 2. The maximum atomic E-state index is 11.3. The van der Waals surface area contributed by atoms with Crippen LogP contribution in [0.25, 0.3) is 0 Å². The summed E-state index contributed by atoms with van der Waals surface area (Å²) in [6.07, 6.45) is 6.40. The number of Topliss-reactive ketones (excluding diaryl/α,β-unsaturated/α-hetero) is 1. The summed E-state index contributed by atoms with van der Waals surface area (Å²) < 4.78 is 5.91. The third-order valence-electron chi connectivity index (χ3n) is 5.04. The fourth-order valence-corrected chi connectivity index (χ4v) is 3.87. The van der Waals surface area contributed by atoms with Gasteiger partial charge in [0, 0.05) is 18.0 Å². The fourth-order valence-electron chi connectivity index (χ4n) is 3.87. The molecule has 4 heteroatoms. The topological polar surface area (TPSA) is 49.8 Å². The van der Waals surface area contributed by atoms with E-state index in [1.807, 2.05) is 0 Å². The SMILES string of the molecule is CC(=O)c1ccc(OCC2CCCN3CCCCC23)cc1O. The van der Waals surface area contributed by atoms with Crippen LogP contribution in [0.4, 0.5) is 0 Å². The number of fused-ring (bicyclic) bond motifs is 1. The van der Waals surface area contributed by atoms with Crippen molar-refractivity contribution < 1.29 is 14.6 Å². The van der Waals surface area contributed by atoms with Crippen LogP contribution in [0.3, 0.4) is 0 Å². The molecular weight excluding hydrogens is 278 g/mol. The van der Waals surface area contributed by atoms with Gasteiger partial charge in [-0.2, -0.15) is 0 Å². The van der Waals surface area contributed by atoms with Gasteiger partial charge in [-0.15, -0.1) is 0 Å². The van der Waals surface area contributed by atoms with Gasteiger partial charge in [-0.3, -0.25) is 9.69 Å². The Kier molecular flexibility index (Phi) is 4.67. The standard InChI is InChI=1S/C18H25NO3/c1-13(20)16-8-7-15(11-18(16)21)22-12-14-5-4-10-19-9-3-2-6-17(14)19/h7-8,11,14,17,21H,2-6,9-10,12H2,1H3. The van der Waals surface area contributed by atoms with Gasteiger partial charge in [0.15, 0.2) is 5.78 Å². The summed E-state index contributed by atoms with van der Waals surface area (Å²) in [5.41, 5.74) is 0.350. The van der Waals surface area contributed by atoms with Crippen molar-refractivity contribution in [1.29, 1.82) is 0 Å². The molecule has 1 aromatic carbocycles. The Labute approximate surface area is 132 Å². The Hall–Kier alpha value is -1.55. The largest absolute Gasteiger partial charge is 0.507 e. The summed E-state index contributed by atoms with van der Waals surface area (Å²) in [5, 5.41) is 9.88. The maximum Gasteiger partial charge on any atom is 0.163 e. The van der Waals surface area contributed by atoms with Crippen molar-refractivity contribution in [3.63, 3.8) is 0 Å². The average molecular weight is 303 g/mol. The number of aromatic hydroxyl groups is 1. The van der Waals surface area contributed by atoms with Crippen LogP contribution in [0, 0.1) is 5.92 Å². The van der Waals surface area contributed by atoms with Crippen molar-refractivity contribution in [2.24, 2.45) is 5.92 Å². The molecule has 0 aromatic heterocycles. The van der Waals surface area contributed by atoms with Crippen LogP contribution in [0.5, 0.6) is 11.5 Å². The lowest BCUT2D eigenvalue weighted by Gasteiger charge is -2.44. The highest BCUT2D eigenvalue weighted by atomic mass is 16.5. The number of ether oxygens (including phenoxy) is 1. The van der Waals surface area contributed by atoms with E-state index in [0.29, 0.717) is 29.9 Å². The van der Waals surface area contributed by atoms with Crippen LogP contribution in [0.2, 0.25) is 0 Å². The highest BCUT2D eigenvalue weighted by Crippen LogP contribution is 2.32. The van der Waals surface area contributed by atoms with E-state index < -0.39 is 0 Å². The molecule has 0 spiro atoms. The first-order chi connectivity index (χ1) is 10.6. The molecule has 1 aromatic rings. The van der Waals surface area contributed by atoms with E-state index >= 15 is 0 Å². The minimum absolute atomic E-state index is 0.00735. The summed E-state index contributed by atoms with van der Waals surface area (Å²) >= 11 is 0. The lowest BCUT2D eigenvalue weighted by atomic mass is 9.84. The molecule has 0 bridgehead atoms. The van der Waals surface area contributed by atoms with E-state index in [9.17, 15) is 9.90 Å². The molecule has 2 aliphatic heterocycles. The molecule has 2 saturated heterocycles. The number of hydrogen-bond acceptors (Lipinski definition) is 4. The number of phenols is 1. The number of hydrogen-bond donors (Lipinski definition) is 1. The summed E-state index contributed by atoms with van der Waals surface area (Å²) in [6.45, 7) is 4.61. The first-order valence-corrected chi connectivity index (χ1v) is 8.36. The second-order valence-electron chi connectivity index (χ2n) is 6.55. The second-order valence-corrected chi connectivity index (χ2v) is 6.55. The van der Waals surface area contributed by atoms with E-state index in [2.05, 4.69) is 4.90 Å². The molecule has 22 heavy (non-hydrogen) atoms. The van der Waals surface area contributed by atoms with Gasteiger partial charge in [0.25, 0.3) is 0 Å². The Morgan fingerprint density at radius 3 is 2.86 bits per heavy atom. The molecule has 2 atom stereocenters. The smallest absolute Gasteiger partial charge is 0.163 e. The zero-order chi connectivity index (χ0) is 15.5. The summed E-state index contributed by atoms with van der Waals surface area (Å²) in [5.74, 6) is 1.10. The van der Waals surface area contributed by atoms with Crippen LogP contribution in [-0.2, 0) is 0 Å². The maximum absolute atomic E-state index is 11.3. The number of carbonyl (C=O) groups is 1. The number of benzene rings is 1. The molecule has 2 unspecified atom stereocenters. The minimum atomic E-state index is -0.130. The van der Waals surface area contributed by atoms with E-state index in [1.54, 1.807) is 18.2 Å². The van der Waals surface area contributed by atoms with Gasteiger partial charge in [-0.1, -0.05) is 6.42 Å². The number of nitrogens with zero attached hydrogens (tertiary/aromatic N) is 1. The van der Waals surface area contributed by atoms with E-state index in [4.69, 9.17) is 4.74 Å². The normalized spacial score (nSPS) is 25.5. The zero-order valence-electron chi connectivity index (χ0n) is 13.3. The Balaban J connectivity index is 1.62. The number of carbonyl (C=O) groups excluding carboxylic acids is 1. The highest BCUT2D eigenvalue weighted by molar-refractivity contribution is 5.96. The number of phenolic OH excluding ortho intramolecular Hbond substituents is 1. The molecule has 0 amide bonds. The molecular formula is C18H25NO3. The molecule has 4 nitrogen and oxygen atoms in total. The van der Waals surface area contributed by atoms with Crippen molar-refractivity contribution >= 4 is 5.78 Å². The molecule has 3 rings (SSSR count). The zero-order valence-corrected chi connectivity index (χ0v) is 13.3. The van der Waals surface area contributed by atoms with Crippen molar-refractivity contribution in [2.75, 3.05) is 19.7 Å². The van der Waals surface area contributed by atoms with E-state index in [1.165, 1.54) is 52.1 Å². The predicted molar refractivity (Wildman–Crippen MR) is 85.5 cm³/mol. The average Bonchev–Trinajstić information content (AvgIpc) is 2.52. The Morgan fingerprint density at radius 1 is 1.27 bits per heavy atom. The van der Waals surface area contributed by atoms with Crippen molar-refractivity contribution in [3.8, 4) is 11.5 Å². The Bertz CT molecular complexity index is 541. The molecule has 0 radical (unpaired) electrons. The second kappa shape index (κ2) is 6.69.